The van der Waals surface area contributed by atoms with Crippen molar-refractivity contribution in [1.29, 1.82) is 0 Å². The Kier molecular flexibility index (Phi) is 5.16. The number of benzene rings is 1. The highest BCUT2D eigenvalue weighted by Crippen LogP contribution is 2.12. The van der Waals surface area contributed by atoms with E-state index < -0.39 is 0 Å². The van der Waals surface area contributed by atoms with Gasteiger partial charge >= 0.3 is 0 Å². The molecule has 3 N–H and O–H groups in total. The van der Waals surface area contributed by atoms with Crippen LogP contribution in [0.25, 0.3) is 0 Å². The summed E-state index contributed by atoms with van der Waals surface area (Å²) < 4.78 is 5.34. The Labute approximate surface area is 109 Å². The monoisotopic (exact) mass is 250 g/mol. The predicted molar refractivity (Wildman–Crippen MR) is 72.6 cm³/mol. The van der Waals surface area contributed by atoms with Crippen LogP contribution in [0, 0.1) is 0 Å². The van der Waals surface area contributed by atoms with Gasteiger partial charge in [-0.2, -0.15) is 0 Å². The molecule has 0 bridgehead atoms. The fraction of sp³-hybridized carbons (Fsp3) is 0.500. The normalized spacial score (nSPS) is 11.1. The molecule has 1 aromatic carbocycles. The van der Waals surface area contributed by atoms with Crippen LogP contribution in [0.1, 0.15) is 26.3 Å². The van der Waals surface area contributed by atoms with E-state index >= 15 is 0 Å². The van der Waals surface area contributed by atoms with Crippen LogP contribution in [-0.4, -0.2) is 24.6 Å². The van der Waals surface area contributed by atoms with Crippen molar-refractivity contribution >= 4 is 5.91 Å². The highest BCUT2D eigenvalue weighted by atomic mass is 16.5. The van der Waals surface area contributed by atoms with Gasteiger partial charge in [0.1, 0.15) is 5.75 Å². The molecule has 0 aromatic heterocycles. The first-order chi connectivity index (χ1) is 8.40. The minimum atomic E-state index is -0.380. The van der Waals surface area contributed by atoms with Gasteiger partial charge in [0.25, 0.3) is 0 Å². The molecule has 0 saturated carbocycles. The number of hydrogen-bond donors (Lipinski definition) is 2. The molecule has 1 aromatic rings. The molecule has 0 unspecified atom stereocenters. The lowest BCUT2D eigenvalue weighted by Gasteiger charge is -2.18. The summed E-state index contributed by atoms with van der Waals surface area (Å²) in [5.41, 5.74) is 6.38. The molecule has 100 valence electrons. The topological polar surface area (TPSA) is 64.3 Å². The van der Waals surface area contributed by atoms with Crippen LogP contribution >= 0.6 is 0 Å². The van der Waals surface area contributed by atoms with Crippen LogP contribution in [0.15, 0.2) is 24.3 Å². The average molecular weight is 250 g/mol. The highest BCUT2D eigenvalue weighted by molar-refractivity contribution is 5.78. The predicted octanol–water partition coefficient (Wildman–Crippen LogP) is 1.48. The molecule has 0 radical (unpaired) electrons. The summed E-state index contributed by atoms with van der Waals surface area (Å²) in [6.07, 6.45) is 0.364. The summed E-state index contributed by atoms with van der Waals surface area (Å²) in [5, 5.41) is 2.82. The van der Waals surface area contributed by atoms with E-state index in [2.05, 4.69) is 5.32 Å². The molecule has 0 saturated heterocycles. The van der Waals surface area contributed by atoms with E-state index in [1.807, 2.05) is 45.0 Å². The third kappa shape index (κ3) is 5.68. The summed E-state index contributed by atoms with van der Waals surface area (Å²) in [6.45, 7) is 6.82. The SMILES string of the molecule is CCOc1ccc(CC(=O)NCC(C)(C)N)cc1. The quantitative estimate of drug-likeness (QED) is 0.804. The third-order valence-corrected chi connectivity index (χ3v) is 2.34. The molecule has 4 heteroatoms. The molecule has 0 aliphatic carbocycles. The van der Waals surface area contributed by atoms with E-state index in [1.165, 1.54) is 0 Å². The molecule has 18 heavy (non-hydrogen) atoms. The summed E-state index contributed by atoms with van der Waals surface area (Å²) in [7, 11) is 0. The number of carbonyl (C=O) groups is 1. The van der Waals surface area contributed by atoms with Gasteiger partial charge in [0.2, 0.25) is 5.91 Å². The van der Waals surface area contributed by atoms with Crippen molar-refractivity contribution in [3.63, 3.8) is 0 Å². The molecule has 1 amide bonds. The zero-order chi connectivity index (χ0) is 13.6. The van der Waals surface area contributed by atoms with Crippen molar-refractivity contribution < 1.29 is 9.53 Å². The Bertz CT molecular complexity index is 380. The Balaban J connectivity index is 2.44. The standard InChI is InChI=1S/C14H22N2O2/c1-4-18-12-7-5-11(6-8-12)9-13(17)16-10-14(2,3)15/h5-8H,4,9-10,15H2,1-3H3,(H,16,17). The summed E-state index contributed by atoms with van der Waals surface area (Å²) in [5.74, 6) is 0.808. The number of carbonyl (C=O) groups excluding carboxylic acids is 1. The molecule has 0 heterocycles. The first-order valence-electron chi connectivity index (χ1n) is 6.18. The van der Waals surface area contributed by atoms with Gasteiger partial charge in [-0.3, -0.25) is 4.79 Å². The molecular weight excluding hydrogens is 228 g/mol. The number of rotatable bonds is 6. The van der Waals surface area contributed by atoms with Crippen LogP contribution in [0.4, 0.5) is 0 Å². The zero-order valence-corrected chi connectivity index (χ0v) is 11.3. The van der Waals surface area contributed by atoms with Crippen LogP contribution in [0.2, 0.25) is 0 Å². The average Bonchev–Trinajstić information content (AvgIpc) is 2.29. The Morgan fingerprint density at radius 2 is 1.94 bits per heavy atom. The lowest BCUT2D eigenvalue weighted by atomic mass is 10.1. The molecule has 0 aliphatic heterocycles. The first-order valence-corrected chi connectivity index (χ1v) is 6.18. The van der Waals surface area contributed by atoms with E-state index in [1.54, 1.807) is 0 Å². The van der Waals surface area contributed by atoms with Crippen molar-refractivity contribution in [3.05, 3.63) is 29.8 Å². The van der Waals surface area contributed by atoms with Crippen molar-refractivity contribution in [2.75, 3.05) is 13.2 Å². The Hall–Kier alpha value is -1.55. The first kappa shape index (κ1) is 14.5. The Morgan fingerprint density at radius 1 is 1.33 bits per heavy atom. The zero-order valence-electron chi connectivity index (χ0n) is 11.3. The smallest absolute Gasteiger partial charge is 0.224 e. The van der Waals surface area contributed by atoms with Crippen LogP contribution < -0.4 is 15.8 Å². The maximum absolute atomic E-state index is 11.7. The number of nitrogens with two attached hydrogens (primary N) is 1. The lowest BCUT2D eigenvalue weighted by molar-refractivity contribution is -0.120. The molecule has 0 spiro atoms. The number of amides is 1. The Morgan fingerprint density at radius 3 is 2.44 bits per heavy atom. The van der Waals surface area contributed by atoms with Gasteiger partial charge in [0.05, 0.1) is 13.0 Å². The van der Waals surface area contributed by atoms with Gasteiger partial charge in [0, 0.05) is 12.1 Å². The summed E-state index contributed by atoms with van der Waals surface area (Å²) in [4.78, 5) is 11.7. The minimum absolute atomic E-state index is 0.0160. The van der Waals surface area contributed by atoms with Gasteiger partial charge in [-0.15, -0.1) is 0 Å². The maximum atomic E-state index is 11.7. The van der Waals surface area contributed by atoms with Crippen molar-refractivity contribution in [3.8, 4) is 5.75 Å². The van der Waals surface area contributed by atoms with Crippen molar-refractivity contribution in [2.24, 2.45) is 5.73 Å². The van der Waals surface area contributed by atoms with Crippen LogP contribution in [0.5, 0.6) is 5.75 Å². The molecule has 4 nitrogen and oxygen atoms in total. The number of hydrogen-bond acceptors (Lipinski definition) is 3. The highest BCUT2D eigenvalue weighted by Gasteiger charge is 2.12. The number of nitrogens with one attached hydrogen (secondary N) is 1. The molecule has 0 atom stereocenters. The second kappa shape index (κ2) is 6.40. The van der Waals surface area contributed by atoms with Crippen molar-refractivity contribution in [2.45, 2.75) is 32.7 Å². The molecule has 0 fully saturated rings. The van der Waals surface area contributed by atoms with Crippen molar-refractivity contribution in [1.82, 2.24) is 5.32 Å². The van der Waals surface area contributed by atoms with E-state index in [0.29, 0.717) is 19.6 Å². The molecular formula is C14H22N2O2. The van der Waals surface area contributed by atoms with Crippen LogP contribution in [0.3, 0.4) is 0 Å². The van der Waals surface area contributed by atoms with E-state index in [-0.39, 0.29) is 11.4 Å². The largest absolute Gasteiger partial charge is 0.494 e. The van der Waals surface area contributed by atoms with Gasteiger partial charge in [0.15, 0.2) is 0 Å². The number of ether oxygens (including phenoxy) is 1. The summed E-state index contributed by atoms with van der Waals surface area (Å²) >= 11 is 0. The fourth-order valence-electron chi connectivity index (χ4n) is 1.44. The minimum Gasteiger partial charge on any atom is -0.494 e. The van der Waals surface area contributed by atoms with E-state index in [9.17, 15) is 4.79 Å². The lowest BCUT2D eigenvalue weighted by Crippen LogP contribution is -2.45. The van der Waals surface area contributed by atoms with Gasteiger partial charge in [-0.05, 0) is 38.5 Å². The van der Waals surface area contributed by atoms with Gasteiger partial charge in [-0.1, -0.05) is 12.1 Å². The van der Waals surface area contributed by atoms with Gasteiger partial charge in [-0.25, -0.2) is 0 Å². The second-order valence-corrected chi connectivity index (χ2v) is 5.02. The molecule has 1 rings (SSSR count). The second-order valence-electron chi connectivity index (χ2n) is 5.02. The van der Waals surface area contributed by atoms with E-state index in [0.717, 1.165) is 11.3 Å². The summed E-state index contributed by atoms with van der Waals surface area (Å²) in [6, 6.07) is 7.55. The maximum Gasteiger partial charge on any atom is 0.224 e. The third-order valence-electron chi connectivity index (χ3n) is 2.34. The molecule has 0 aliphatic rings. The van der Waals surface area contributed by atoms with Crippen LogP contribution in [-0.2, 0) is 11.2 Å². The fourth-order valence-corrected chi connectivity index (χ4v) is 1.44. The van der Waals surface area contributed by atoms with Gasteiger partial charge < -0.3 is 15.8 Å². The van der Waals surface area contributed by atoms with E-state index in [4.69, 9.17) is 10.5 Å².